The predicted octanol–water partition coefficient (Wildman–Crippen LogP) is 3.79. The molecule has 6 nitrogen and oxygen atoms in total. The quantitative estimate of drug-likeness (QED) is 0.681. The van der Waals surface area contributed by atoms with E-state index in [0.717, 1.165) is 18.5 Å². The maximum Gasteiger partial charge on any atom is 0.408 e. The number of carbonyl (C=O) groups is 2. The van der Waals surface area contributed by atoms with Crippen molar-refractivity contribution >= 4 is 12.0 Å². The smallest absolute Gasteiger partial charge is 0.408 e. The Kier molecular flexibility index (Phi) is 8.08. The van der Waals surface area contributed by atoms with Crippen LogP contribution in [0.25, 0.3) is 0 Å². The monoisotopic (exact) mass is 403 g/mol. The fourth-order valence-corrected chi connectivity index (χ4v) is 3.25. The minimum Gasteiger partial charge on any atom is -0.444 e. The summed E-state index contributed by atoms with van der Waals surface area (Å²) in [4.78, 5) is 29.1. The third-order valence-electron chi connectivity index (χ3n) is 4.87. The highest BCUT2D eigenvalue weighted by molar-refractivity contribution is 5.85. The van der Waals surface area contributed by atoms with Crippen LogP contribution in [0.2, 0.25) is 0 Å². The van der Waals surface area contributed by atoms with E-state index < -0.39 is 17.7 Å². The van der Waals surface area contributed by atoms with Gasteiger partial charge in [0.05, 0.1) is 0 Å². The van der Waals surface area contributed by atoms with Crippen molar-refractivity contribution in [1.82, 2.24) is 15.1 Å². The lowest BCUT2D eigenvalue weighted by molar-refractivity contribution is -0.132. The molecule has 0 radical (unpaired) electrons. The Morgan fingerprint density at radius 3 is 2.10 bits per heavy atom. The number of benzene rings is 1. The van der Waals surface area contributed by atoms with Gasteiger partial charge in [0.25, 0.3) is 0 Å². The van der Waals surface area contributed by atoms with Crippen LogP contribution in [0.1, 0.15) is 57.6 Å². The van der Waals surface area contributed by atoms with Gasteiger partial charge in [0.1, 0.15) is 11.6 Å². The van der Waals surface area contributed by atoms with Gasteiger partial charge in [0.15, 0.2) is 0 Å². The largest absolute Gasteiger partial charge is 0.444 e. The summed E-state index contributed by atoms with van der Waals surface area (Å²) in [7, 11) is 5.87. The molecule has 1 aliphatic rings. The summed E-state index contributed by atoms with van der Waals surface area (Å²) in [6.45, 7) is 6.86. The molecule has 0 heterocycles. The van der Waals surface area contributed by atoms with Crippen LogP contribution in [0.3, 0.4) is 0 Å². The fraction of sp³-hybridized carbons (Fsp3) is 0.652. The van der Waals surface area contributed by atoms with Gasteiger partial charge in [-0.2, -0.15) is 0 Å². The molecule has 1 unspecified atom stereocenters. The second kappa shape index (κ2) is 10.1. The van der Waals surface area contributed by atoms with Crippen LogP contribution in [-0.4, -0.2) is 54.6 Å². The number of ether oxygens (including phenoxy) is 1. The minimum atomic E-state index is -0.589. The molecule has 0 aromatic heterocycles. The van der Waals surface area contributed by atoms with Gasteiger partial charge in [0, 0.05) is 20.1 Å². The van der Waals surface area contributed by atoms with Gasteiger partial charge in [-0.05, 0) is 64.8 Å². The van der Waals surface area contributed by atoms with E-state index in [1.807, 2.05) is 34.9 Å². The SMILES string of the molecule is CN(C)Cc1ccc(CN(C)C(=O)C(CCC2CC2)NC(=O)OC(C)(C)C)cc1. The molecule has 1 saturated carbocycles. The number of carbonyl (C=O) groups excluding carboxylic acids is 2. The van der Waals surface area contributed by atoms with Gasteiger partial charge >= 0.3 is 6.09 Å². The van der Waals surface area contributed by atoms with Gasteiger partial charge < -0.3 is 19.9 Å². The first-order chi connectivity index (χ1) is 13.5. The van der Waals surface area contributed by atoms with Crippen molar-refractivity contribution in [3.8, 4) is 0 Å². The number of nitrogens with one attached hydrogen (secondary N) is 1. The van der Waals surface area contributed by atoms with Crippen molar-refractivity contribution < 1.29 is 14.3 Å². The van der Waals surface area contributed by atoms with Crippen molar-refractivity contribution in [1.29, 1.82) is 0 Å². The Morgan fingerprint density at radius 1 is 1.07 bits per heavy atom. The highest BCUT2D eigenvalue weighted by Crippen LogP contribution is 2.34. The summed E-state index contributed by atoms with van der Waals surface area (Å²) in [5.74, 6) is 0.620. The average Bonchev–Trinajstić information content (AvgIpc) is 3.42. The number of hydrogen-bond donors (Lipinski definition) is 1. The predicted molar refractivity (Wildman–Crippen MR) is 115 cm³/mol. The van der Waals surface area contributed by atoms with Crippen molar-refractivity contribution in [2.75, 3.05) is 21.1 Å². The molecule has 0 aliphatic heterocycles. The zero-order valence-electron chi connectivity index (χ0n) is 18.8. The summed E-state index contributed by atoms with van der Waals surface area (Å²) in [5, 5.41) is 2.80. The number of amides is 2. The van der Waals surface area contributed by atoms with E-state index in [2.05, 4.69) is 34.5 Å². The fourth-order valence-electron chi connectivity index (χ4n) is 3.25. The van der Waals surface area contributed by atoms with E-state index >= 15 is 0 Å². The number of likely N-dealkylation sites (N-methyl/N-ethyl adjacent to an activating group) is 1. The van der Waals surface area contributed by atoms with Crippen LogP contribution in [0, 0.1) is 5.92 Å². The van der Waals surface area contributed by atoms with Crippen LogP contribution in [0.15, 0.2) is 24.3 Å². The first-order valence-corrected chi connectivity index (χ1v) is 10.5. The van der Waals surface area contributed by atoms with E-state index in [0.29, 0.717) is 18.9 Å². The van der Waals surface area contributed by atoms with E-state index in [4.69, 9.17) is 4.74 Å². The molecule has 0 saturated heterocycles. The topological polar surface area (TPSA) is 61.9 Å². The molecule has 1 aliphatic carbocycles. The Hall–Kier alpha value is -2.08. The Morgan fingerprint density at radius 2 is 1.62 bits per heavy atom. The van der Waals surface area contributed by atoms with Crippen molar-refractivity contribution in [2.45, 2.75) is 71.2 Å². The van der Waals surface area contributed by atoms with Gasteiger partial charge in [-0.15, -0.1) is 0 Å². The average molecular weight is 404 g/mol. The van der Waals surface area contributed by atoms with Crippen molar-refractivity contribution in [3.63, 3.8) is 0 Å². The zero-order valence-corrected chi connectivity index (χ0v) is 18.8. The maximum atomic E-state index is 13.0. The van der Waals surface area contributed by atoms with Crippen LogP contribution in [-0.2, 0) is 22.6 Å². The normalized spacial score (nSPS) is 15.1. The summed E-state index contributed by atoms with van der Waals surface area (Å²) in [5.41, 5.74) is 1.72. The third kappa shape index (κ3) is 8.86. The Bertz CT molecular complexity index is 676. The number of rotatable bonds is 9. The minimum absolute atomic E-state index is 0.0751. The molecule has 6 heteroatoms. The molecular weight excluding hydrogens is 366 g/mol. The van der Waals surface area contributed by atoms with Crippen molar-refractivity contribution in [2.24, 2.45) is 5.92 Å². The van der Waals surface area contributed by atoms with Gasteiger partial charge in [-0.25, -0.2) is 4.79 Å². The van der Waals surface area contributed by atoms with Gasteiger partial charge in [0.2, 0.25) is 5.91 Å². The molecule has 1 aromatic carbocycles. The number of nitrogens with zero attached hydrogens (tertiary/aromatic N) is 2. The van der Waals surface area contributed by atoms with Crippen LogP contribution in [0.4, 0.5) is 4.79 Å². The van der Waals surface area contributed by atoms with Gasteiger partial charge in [-0.3, -0.25) is 4.79 Å². The molecule has 0 bridgehead atoms. The van der Waals surface area contributed by atoms with Crippen LogP contribution < -0.4 is 5.32 Å². The molecule has 29 heavy (non-hydrogen) atoms. The Labute approximate surface area is 175 Å². The second-order valence-corrected chi connectivity index (χ2v) is 9.47. The highest BCUT2D eigenvalue weighted by atomic mass is 16.6. The molecule has 2 amide bonds. The van der Waals surface area contributed by atoms with Crippen LogP contribution in [0.5, 0.6) is 0 Å². The molecular formula is C23H37N3O3. The summed E-state index contributed by atoms with van der Waals surface area (Å²) in [6, 6.07) is 7.75. The lowest BCUT2D eigenvalue weighted by atomic mass is 10.1. The van der Waals surface area contributed by atoms with E-state index in [1.54, 1.807) is 11.9 Å². The number of hydrogen-bond acceptors (Lipinski definition) is 4. The summed E-state index contributed by atoms with van der Waals surface area (Å²) < 4.78 is 5.36. The summed E-state index contributed by atoms with van der Waals surface area (Å²) in [6.07, 6.45) is 3.52. The molecule has 0 spiro atoms. The molecule has 2 rings (SSSR count). The Balaban J connectivity index is 1.97. The highest BCUT2D eigenvalue weighted by Gasteiger charge is 2.29. The second-order valence-electron chi connectivity index (χ2n) is 9.47. The van der Waals surface area contributed by atoms with E-state index in [-0.39, 0.29) is 5.91 Å². The molecule has 1 fully saturated rings. The van der Waals surface area contributed by atoms with E-state index in [9.17, 15) is 9.59 Å². The first-order valence-electron chi connectivity index (χ1n) is 10.5. The summed E-state index contributed by atoms with van der Waals surface area (Å²) >= 11 is 0. The van der Waals surface area contributed by atoms with Gasteiger partial charge in [-0.1, -0.05) is 37.1 Å². The number of alkyl carbamates (subject to hydrolysis) is 1. The third-order valence-corrected chi connectivity index (χ3v) is 4.87. The van der Waals surface area contributed by atoms with E-state index in [1.165, 1.54) is 18.4 Å². The maximum absolute atomic E-state index is 13.0. The van der Waals surface area contributed by atoms with Crippen LogP contribution >= 0.6 is 0 Å². The zero-order chi connectivity index (χ0) is 21.6. The van der Waals surface area contributed by atoms with Crippen molar-refractivity contribution in [3.05, 3.63) is 35.4 Å². The standard InChI is InChI=1S/C23H37N3O3/c1-23(2,3)29-22(28)24-20(14-13-17-7-8-17)21(27)26(6)16-19-11-9-18(10-12-19)15-25(4)5/h9-12,17,20H,7-8,13-16H2,1-6H3,(H,24,28). The lowest BCUT2D eigenvalue weighted by Gasteiger charge is -2.26. The lowest BCUT2D eigenvalue weighted by Crippen LogP contribution is -2.48. The molecule has 1 aromatic rings. The molecule has 162 valence electrons. The first kappa shape index (κ1) is 23.2. The molecule has 1 N–H and O–H groups in total. The molecule has 1 atom stereocenters.